The van der Waals surface area contributed by atoms with Crippen LogP contribution in [-0.2, 0) is 6.54 Å². The van der Waals surface area contributed by atoms with Crippen LogP contribution < -0.4 is 5.32 Å². The predicted octanol–water partition coefficient (Wildman–Crippen LogP) is 1.88. The van der Waals surface area contributed by atoms with Crippen LogP contribution in [0, 0.1) is 6.92 Å². The molecule has 0 saturated heterocycles. The standard InChI is InChI=1S/C9H10BrN5/c1-6-13-9(15-14-6)5-12-8-2-3-11-4-7(8)10/h2-4H,5H2,1H3,(H,11,12)(H,13,14,15). The first-order chi connectivity index (χ1) is 7.25. The van der Waals surface area contributed by atoms with Crippen molar-refractivity contribution in [2.24, 2.45) is 0 Å². The summed E-state index contributed by atoms with van der Waals surface area (Å²) >= 11 is 3.40. The van der Waals surface area contributed by atoms with Crippen molar-refractivity contribution in [3.63, 3.8) is 0 Å². The molecule has 2 heterocycles. The number of aromatic nitrogens is 4. The molecule has 78 valence electrons. The van der Waals surface area contributed by atoms with Gasteiger partial charge in [-0.1, -0.05) is 0 Å². The first-order valence-corrected chi connectivity index (χ1v) is 5.26. The van der Waals surface area contributed by atoms with Crippen LogP contribution in [0.25, 0.3) is 0 Å². The summed E-state index contributed by atoms with van der Waals surface area (Å²) in [5.74, 6) is 1.57. The highest BCUT2D eigenvalue weighted by Gasteiger charge is 2.01. The lowest BCUT2D eigenvalue weighted by molar-refractivity contribution is 0.952. The van der Waals surface area contributed by atoms with E-state index in [0.29, 0.717) is 6.54 Å². The number of anilines is 1. The van der Waals surface area contributed by atoms with Gasteiger partial charge in [-0.3, -0.25) is 10.1 Å². The van der Waals surface area contributed by atoms with Crippen LogP contribution in [0.5, 0.6) is 0 Å². The molecule has 0 bridgehead atoms. The third-order valence-corrected chi connectivity index (χ3v) is 2.48. The SMILES string of the molecule is Cc1nc(CNc2ccncc2Br)n[nH]1. The molecule has 2 aromatic heterocycles. The molecule has 0 amide bonds. The fourth-order valence-corrected chi connectivity index (χ4v) is 1.55. The summed E-state index contributed by atoms with van der Waals surface area (Å²) in [6.45, 7) is 2.46. The van der Waals surface area contributed by atoms with Crippen LogP contribution in [0.2, 0.25) is 0 Å². The Morgan fingerprint density at radius 1 is 1.53 bits per heavy atom. The molecule has 2 N–H and O–H groups in total. The van der Waals surface area contributed by atoms with Gasteiger partial charge in [-0.15, -0.1) is 0 Å². The fraction of sp³-hybridized carbons (Fsp3) is 0.222. The first-order valence-electron chi connectivity index (χ1n) is 4.47. The van der Waals surface area contributed by atoms with Gasteiger partial charge < -0.3 is 5.32 Å². The van der Waals surface area contributed by atoms with Crippen molar-refractivity contribution in [1.82, 2.24) is 20.2 Å². The number of hydrogen-bond donors (Lipinski definition) is 2. The molecule has 0 spiro atoms. The largest absolute Gasteiger partial charge is 0.377 e. The van der Waals surface area contributed by atoms with Crippen molar-refractivity contribution >= 4 is 21.6 Å². The number of nitrogens with zero attached hydrogens (tertiary/aromatic N) is 3. The van der Waals surface area contributed by atoms with Gasteiger partial charge in [-0.2, -0.15) is 5.10 Å². The van der Waals surface area contributed by atoms with Crippen molar-refractivity contribution in [2.45, 2.75) is 13.5 Å². The van der Waals surface area contributed by atoms with E-state index in [-0.39, 0.29) is 0 Å². The van der Waals surface area contributed by atoms with E-state index in [1.807, 2.05) is 13.0 Å². The monoisotopic (exact) mass is 267 g/mol. The summed E-state index contributed by atoms with van der Waals surface area (Å²) in [4.78, 5) is 8.18. The minimum Gasteiger partial charge on any atom is -0.377 e. The molecule has 0 saturated carbocycles. The minimum atomic E-state index is 0.590. The van der Waals surface area contributed by atoms with Gasteiger partial charge in [0.15, 0.2) is 5.82 Å². The maximum atomic E-state index is 4.20. The molecule has 2 rings (SSSR count). The molecule has 0 atom stereocenters. The van der Waals surface area contributed by atoms with Gasteiger partial charge in [-0.25, -0.2) is 4.98 Å². The highest BCUT2D eigenvalue weighted by atomic mass is 79.9. The molecule has 15 heavy (non-hydrogen) atoms. The Bertz CT molecular complexity index is 453. The maximum absolute atomic E-state index is 4.20. The zero-order chi connectivity index (χ0) is 10.7. The number of halogens is 1. The first kappa shape index (κ1) is 10.1. The average molecular weight is 268 g/mol. The third kappa shape index (κ3) is 2.53. The van der Waals surface area contributed by atoms with E-state index in [1.165, 1.54) is 0 Å². The molecule has 2 aromatic rings. The molecule has 0 aliphatic heterocycles. The van der Waals surface area contributed by atoms with Gasteiger partial charge in [0.05, 0.1) is 16.7 Å². The lowest BCUT2D eigenvalue weighted by Crippen LogP contribution is -2.02. The molecule has 6 heteroatoms. The van der Waals surface area contributed by atoms with Crippen molar-refractivity contribution in [1.29, 1.82) is 0 Å². The third-order valence-electron chi connectivity index (χ3n) is 1.85. The summed E-state index contributed by atoms with van der Waals surface area (Å²) in [7, 11) is 0. The smallest absolute Gasteiger partial charge is 0.169 e. The average Bonchev–Trinajstić information content (AvgIpc) is 2.63. The summed E-state index contributed by atoms with van der Waals surface area (Å²) in [6, 6.07) is 1.89. The van der Waals surface area contributed by atoms with Crippen molar-refractivity contribution < 1.29 is 0 Å². The van der Waals surface area contributed by atoms with E-state index < -0.39 is 0 Å². The Morgan fingerprint density at radius 2 is 2.40 bits per heavy atom. The van der Waals surface area contributed by atoms with Crippen LogP contribution in [0.1, 0.15) is 11.6 Å². The van der Waals surface area contributed by atoms with Gasteiger partial charge in [0.25, 0.3) is 0 Å². The molecular formula is C9H10BrN5. The Morgan fingerprint density at radius 3 is 3.07 bits per heavy atom. The summed E-state index contributed by atoms with van der Waals surface area (Å²) in [5.41, 5.74) is 0.979. The van der Waals surface area contributed by atoms with Crippen LogP contribution in [-0.4, -0.2) is 20.2 Å². The molecular weight excluding hydrogens is 258 g/mol. The molecule has 0 fully saturated rings. The lowest BCUT2D eigenvalue weighted by Gasteiger charge is -2.04. The van der Waals surface area contributed by atoms with E-state index >= 15 is 0 Å². The number of rotatable bonds is 3. The van der Waals surface area contributed by atoms with E-state index in [2.05, 4.69) is 41.4 Å². The second-order valence-corrected chi connectivity index (χ2v) is 3.90. The molecule has 0 radical (unpaired) electrons. The predicted molar refractivity (Wildman–Crippen MR) is 60.4 cm³/mol. The van der Waals surface area contributed by atoms with Crippen molar-refractivity contribution in [3.05, 3.63) is 34.6 Å². The fourth-order valence-electron chi connectivity index (χ4n) is 1.16. The molecule has 0 aliphatic rings. The second kappa shape index (κ2) is 4.39. The number of aryl methyl sites for hydroxylation is 1. The zero-order valence-corrected chi connectivity index (χ0v) is 9.74. The number of H-pyrrole nitrogens is 1. The Hall–Kier alpha value is -1.43. The summed E-state index contributed by atoms with van der Waals surface area (Å²) in [5, 5.41) is 10.0. The van der Waals surface area contributed by atoms with Crippen molar-refractivity contribution in [2.75, 3.05) is 5.32 Å². The Kier molecular flexibility index (Phi) is 2.96. The van der Waals surface area contributed by atoms with Crippen molar-refractivity contribution in [3.8, 4) is 0 Å². The summed E-state index contributed by atoms with van der Waals surface area (Å²) in [6.07, 6.45) is 3.47. The quantitative estimate of drug-likeness (QED) is 0.892. The Balaban J connectivity index is 2.02. The second-order valence-electron chi connectivity index (χ2n) is 3.05. The van der Waals surface area contributed by atoms with Crippen LogP contribution in [0.4, 0.5) is 5.69 Å². The molecule has 0 aliphatic carbocycles. The zero-order valence-electron chi connectivity index (χ0n) is 8.16. The Labute approximate surface area is 95.5 Å². The van der Waals surface area contributed by atoms with E-state index in [9.17, 15) is 0 Å². The van der Waals surface area contributed by atoms with Gasteiger partial charge in [-0.05, 0) is 28.9 Å². The van der Waals surface area contributed by atoms with Gasteiger partial charge in [0.1, 0.15) is 5.82 Å². The number of hydrogen-bond acceptors (Lipinski definition) is 4. The van der Waals surface area contributed by atoms with Crippen LogP contribution >= 0.6 is 15.9 Å². The van der Waals surface area contributed by atoms with Crippen LogP contribution in [0.3, 0.4) is 0 Å². The van der Waals surface area contributed by atoms with Gasteiger partial charge in [0, 0.05) is 12.4 Å². The van der Waals surface area contributed by atoms with E-state index in [1.54, 1.807) is 12.4 Å². The summed E-state index contributed by atoms with van der Waals surface area (Å²) < 4.78 is 0.928. The maximum Gasteiger partial charge on any atom is 0.169 e. The number of pyridine rings is 1. The normalized spacial score (nSPS) is 10.3. The van der Waals surface area contributed by atoms with E-state index in [4.69, 9.17) is 0 Å². The minimum absolute atomic E-state index is 0.590. The van der Waals surface area contributed by atoms with Gasteiger partial charge in [0.2, 0.25) is 0 Å². The lowest BCUT2D eigenvalue weighted by atomic mass is 10.4. The number of aromatic amines is 1. The highest BCUT2D eigenvalue weighted by molar-refractivity contribution is 9.10. The molecule has 0 aromatic carbocycles. The number of nitrogens with one attached hydrogen (secondary N) is 2. The molecule has 5 nitrogen and oxygen atoms in total. The van der Waals surface area contributed by atoms with Crippen LogP contribution in [0.15, 0.2) is 22.9 Å². The topological polar surface area (TPSA) is 66.5 Å². The highest BCUT2D eigenvalue weighted by Crippen LogP contribution is 2.20. The van der Waals surface area contributed by atoms with Gasteiger partial charge >= 0.3 is 0 Å². The molecule has 0 unspecified atom stereocenters. The van der Waals surface area contributed by atoms with E-state index in [0.717, 1.165) is 21.8 Å².